The first-order valence-corrected chi connectivity index (χ1v) is 14.3. The van der Waals surface area contributed by atoms with E-state index in [9.17, 15) is 4.79 Å². The fourth-order valence-electron chi connectivity index (χ4n) is 5.52. The molecule has 42 heavy (non-hydrogen) atoms. The lowest BCUT2D eigenvalue weighted by molar-refractivity contribution is 0.0566. The van der Waals surface area contributed by atoms with Crippen molar-refractivity contribution in [2.24, 2.45) is 0 Å². The molecule has 0 unspecified atom stereocenters. The minimum Gasteiger partial charge on any atom is -0.474 e. The zero-order valence-corrected chi connectivity index (χ0v) is 25.1. The molecule has 0 bridgehead atoms. The molecule has 0 atom stereocenters. The number of nitrogens with one attached hydrogen (secondary N) is 1. The summed E-state index contributed by atoms with van der Waals surface area (Å²) in [7, 11) is 2.13. The minimum atomic E-state index is -0.679. The van der Waals surface area contributed by atoms with Gasteiger partial charge in [0.1, 0.15) is 29.5 Å². The number of amides is 1. The quantitative estimate of drug-likeness (QED) is 0.269. The second-order valence-corrected chi connectivity index (χ2v) is 12.2. The zero-order chi connectivity index (χ0) is 29.8. The van der Waals surface area contributed by atoms with Crippen LogP contribution in [0.1, 0.15) is 37.5 Å². The number of anilines is 3. The van der Waals surface area contributed by atoms with Gasteiger partial charge in [0.25, 0.3) is 0 Å². The van der Waals surface area contributed by atoms with Crippen molar-refractivity contribution >= 4 is 45.7 Å². The maximum atomic E-state index is 15.8. The van der Waals surface area contributed by atoms with E-state index < -0.39 is 17.5 Å². The highest BCUT2D eigenvalue weighted by atomic mass is 35.5. The number of hydrogen-bond donors (Lipinski definition) is 1. The third kappa shape index (κ3) is 5.34. The van der Waals surface area contributed by atoms with Crippen molar-refractivity contribution in [3.05, 3.63) is 70.3 Å². The summed E-state index contributed by atoms with van der Waals surface area (Å²) in [6.07, 6.45) is 3.62. The average molecular weight is 590 g/mol. The Labute approximate surface area is 249 Å². The lowest BCUT2D eigenvalue weighted by atomic mass is 9.97. The van der Waals surface area contributed by atoms with Crippen LogP contribution < -0.4 is 15.0 Å². The molecule has 0 spiro atoms. The Bertz CT molecular complexity index is 1720. The second kappa shape index (κ2) is 10.7. The van der Waals surface area contributed by atoms with Crippen LogP contribution in [-0.4, -0.2) is 53.3 Å². The molecular weight excluding hydrogens is 557 g/mol. The van der Waals surface area contributed by atoms with Crippen molar-refractivity contribution in [2.45, 2.75) is 46.3 Å². The molecule has 0 fully saturated rings. The van der Waals surface area contributed by atoms with Gasteiger partial charge >= 0.3 is 6.09 Å². The number of pyridine rings is 2. The molecule has 0 saturated heterocycles. The molecule has 2 aliphatic rings. The van der Waals surface area contributed by atoms with Crippen molar-refractivity contribution in [3.63, 3.8) is 0 Å². The molecule has 1 N–H and O–H groups in total. The standard InChI is InChI=1S/C32H33ClFN5O3/c1-18-24(15-36-30-29(18)39(10-11-41-30)31(40)42-32(2,3)4)23-13-21-14-26(35-16-25(21)27(33)28(23)34)37-22-7-6-20-17-38(5)9-8-19(20)12-22/h6-7,12-16H,8-11,17H2,1-5H3,(H,35,37). The number of halogens is 2. The summed E-state index contributed by atoms with van der Waals surface area (Å²) >= 11 is 6.56. The Balaban J connectivity index is 1.37. The molecule has 2 aromatic heterocycles. The van der Waals surface area contributed by atoms with Crippen LogP contribution >= 0.6 is 11.6 Å². The van der Waals surface area contributed by atoms with E-state index >= 15 is 4.39 Å². The Morgan fingerprint density at radius 2 is 1.90 bits per heavy atom. The number of likely N-dealkylation sites (N-methyl/N-ethyl adjacent to an activating group) is 1. The van der Waals surface area contributed by atoms with Gasteiger partial charge in [-0.2, -0.15) is 0 Å². The molecule has 1 amide bonds. The molecule has 0 aliphatic carbocycles. The normalized spacial score (nSPS) is 15.2. The highest BCUT2D eigenvalue weighted by Gasteiger charge is 2.32. The summed E-state index contributed by atoms with van der Waals surface area (Å²) in [6.45, 7) is 9.76. The van der Waals surface area contributed by atoms with Crippen LogP contribution in [0, 0.1) is 12.7 Å². The molecule has 8 nitrogen and oxygen atoms in total. The predicted molar refractivity (Wildman–Crippen MR) is 164 cm³/mol. The number of carbonyl (C=O) groups is 1. The minimum absolute atomic E-state index is 0.0307. The van der Waals surface area contributed by atoms with Gasteiger partial charge in [0, 0.05) is 47.7 Å². The van der Waals surface area contributed by atoms with Crippen LogP contribution in [0.3, 0.4) is 0 Å². The number of ether oxygens (including phenoxy) is 2. The molecular formula is C32H33ClFN5O3. The van der Waals surface area contributed by atoms with Crippen LogP contribution in [0.5, 0.6) is 5.88 Å². The molecule has 10 heteroatoms. The number of aromatic nitrogens is 2. The lowest BCUT2D eigenvalue weighted by Crippen LogP contribution is -2.42. The number of nitrogens with zero attached hydrogens (tertiary/aromatic N) is 4. The Morgan fingerprint density at radius 3 is 2.69 bits per heavy atom. The van der Waals surface area contributed by atoms with Gasteiger partial charge in [-0.05, 0) is 87.5 Å². The summed E-state index contributed by atoms with van der Waals surface area (Å²) < 4.78 is 27.2. The highest BCUT2D eigenvalue weighted by Crippen LogP contribution is 2.42. The lowest BCUT2D eigenvalue weighted by Gasteiger charge is -2.32. The summed E-state index contributed by atoms with van der Waals surface area (Å²) in [5.74, 6) is 0.332. The molecule has 0 saturated carbocycles. The fraction of sp³-hybridized carbons (Fsp3) is 0.344. The van der Waals surface area contributed by atoms with Gasteiger partial charge in [0.05, 0.1) is 11.6 Å². The first kappa shape index (κ1) is 28.2. The molecule has 0 radical (unpaired) electrons. The molecule has 2 aromatic carbocycles. The van der Waals surface area contributed by atoms with Gasteiger partial charge in [-0.25, -0.2) is 19.2 Å². The topological polar surface area (TPSA) is 79.8 Å². The summed E-state index contributed by atoms with van der Waals surface area (Å²) in [4.78, 5) is 25.8. The van der Waals surface area contributed by atoms with Gasteiger partial charge in [0.15, 0.2) is 0 Å². The van der Waals surface area contributed by atoms with Gasteiger partial charge in [0.2, 0.25) is 5.88 Å². The molecule has 2 aliphatic heterocycles. The van der Waals surface area contributed by atoms with Crippen molar-refractivity contribution < 1.29 is 18.7 Å². The molecule has 4 heterocycles. The van der Waals surface area contributed by atoms with E-state index in [1.54, 1.807) is 18.5 Å². The van der Waals surface area contributed by atoms with Crippen molar-refractivity contribution in [1.29, 1.82) is 0 Å². The Morgan fingerprint density at radius 1 is 1.10 bits per heavy atom. The van der Waals surface area contributed by atoms with E-state index in [4.69, 9.17) is 21.1 Å². The van der Waals surface area contributed by atoms with Crippen LogP contribution in [0.25, 0.3) is 21.9 Å². The van der Waals surface area contributed by atoms with Crippen LogP contribution in [-0.2, 0) is 17.7 Å². The van der Waals surface area contributed by atoms with E-state index in [-0.39, 0.29) is 23.7 Å². The number of fused-ring (bicyclic) bond motifs is 3. The molecule has 6 rings (SSSR count). The van der Waals surface area contributed by atoms with E-state index in [1.165, 1.54) is 16.0 Å². The summed E-state index contributed by atoms with van der Waals surface area (Å²) in [5.41, 5.74) is 4.78. The van der Waals surface area contributed by atoms with Crippen molar-refractivity contribution in [1.82, 2.24) is 14.9 Å². The number of benzene rings is 2. The summed E-state index contributed by atoms with van der Waals surface area (Å²) in [6, 6.07) is 9.96. The van der Waals surface area contributed by atoms with Gasteiger partial charge in [-0.1, -0.05) is 17.7 Å². The maximum Gasteiger partial charge on any atom is 0.415 e. The molecule has 218 valence electrons. The summed E-state index contributed by atoms with van der Waals surface area (Å²) in [5, 5.41) is 4.57. The number of carbonyl (C=O) groups excluding carboxylic acids is 1. The van der Waals surface area contributed by atoms with Gasteiger partial charge in [-0.3, -0.25) is 4.90 Å². The first-order valence-electron chi connectivity index (χ1n) is 14.0. The third-order valence-corrected chi connectivity index (χ3v) is 7.95. The number of rotatable bonds is 3. The highest BCUT2D eigenvalue weighted by molar-refractivity contribution is 6.36. The van der Waals surface area contributed by atoms with E-state index in [0.29, 0.717) is 39.3 Å². The van der Waals surface area contributed by atoms with Crippen LogP contribution in [0.2, 0.25) is 5.02 Å². The average Bonchev–Trinajstić information content (AvgIpc) is 2.94. The Hall–Kier alpha value is -3.95. The third-order valence-electron chi connectivity index (χ3n) is 7.58. The largest absolute Gasteiger partial charge is 0.474 e. The smallest absolute Gasteiger partial charge is 0.415 e. The van der Waals surface area contributed by atoms with E-state index in [2.05, 4.69) is 39.4 Å². The Kier molecular flexibility index (Phi) is 7.19. The first-order chi connectivity index (χ1) is 20.0. The number of hydrogen-bond acceptors (Lipinski definition) is 7. The van der Waals surface area contributed by atoms with Crippen molar-refractivity contribution in [3.8, 4) is 17.0 Å². The second-order valence-electron chi connectivity index (χ2n) is 11.9. The van der Waals surface area contributed by atoms with E-state index in [0.717, 1.165) is 25.2 Å². The predicted octanol–water partition coefficient (Wildman–Crippen LogP) is 7.26. The monoisotopic (exact) mass is 589 g/mol. The van der Waals surface area contributed by atoms with Crippen LogP contribution in [0.4, 0.5) is 26.4 Å². The van der Waals surface area contributed by atoms with Crippen LogP contribution in [0.15, 0.2) is 42.7 Å². The van der Waals surface area contributed by atoms with Gasteiger partial charge < -0.3 is 19.7 Å². The SMILES string of the molecule is Cc1c(-c2cc3cc(Nc4ccc5c(c4)CCN(C)C5)ncc3c(Cl)c2F)cnc2c1N(C(=O)OC(C)(C)C)CCO2. The zero-order valence-electron chi connectivity index (χ0n) is 24.3. The maximum absolute atomic E-state index is 15.8. The van der Waals surface area contributed by atoms with Crippen molar-refractivity contribution in [2.75, 3.05) is 37.0 Å². The fourth-order valence-corrected chi connectivity index (χ4v) is 5.78. The van der Waals surface area contributed by atoms with E-state index in [1.807, 2.05) is 39.8 Å². The van der Waals surface area contributed by atoms with Gasteiger partial charge in [-0.15, -0.1) is 0 Å². The molecule has 4 aromatic rings.